The SMILES string of the molecule is CCC(C)N(CCOC)Cc1cccc2c1CCNC2. The van der Waals surface area contributed by atoms with Crippen molar-refractivity contribution < 1.29 is 4.74 Å². The van der Waals surface area contributed by atoms with Crippen molar-refractivity contribution in [2.75, 3.05) is 26.8 Å². The van der Waals surface area contributed by atoms with Crippen LogP contribution in [0.1, 0.15) is 37.0 Å². The highest BCUT2D eigenvalue weighted by atomic mass is 16.5. The zero-order chi connectivity index (χ0) is 14.4. The lowest BCUT2D eigenvalue weighted by Crippen LogP contribution is -2.35. The van der Waals surface area contributed by atoms with Gasteiger partial charge in [0.15, 0.2) is 0 Å². The molecule has 3 nitrogen and oxygen atoms in total. The largest absolute Gasteiger partial charge is 0.383 e. The molecule has 1 N–H and O–H groups in total. The van der Waals surface area contributed by atoms with Crippen molar-refractivity contribution in [1.29, 1.82) is 0 Å². The molecule has 1 heterocycles. The zero-order valence-corrected chi connectivity index (χ0v) is 13.1. The molecule has 1 aliphatic heterocycles. The Balaban J connectivity index is 2.13. The van der Waals surface area contributed by atoms with Gasteiger partial charge in [0.05, 0.1) is 6.61 Å². The van der Waals surface area contributed by atoms with Crippen molar-refractivity contribution in [1.82, 2.24) is 10.2 Å². The Hall–Kier alpha value is -0.900. The van der Waals surface area contributed by atoms with Crippen LogP contribution in [0.25, 0.3) is 0 Å². The summed E-state index contributed by atoms with van der Waals surface area (Å²) in [6.07, 6.45) is 2.34. The summed E-state index contributed by atoms with van der Waals surface area (Å²) < 4.78 is 5.27. The van der Waals surface area contributed by atoms with Crippen molar-refractivity contribution >= 4 is 0 Å². The smallest absolute Gasteiger partial charge is 0.0589 e. The molecular formula is C17H28N2O. The highest BCUT2D eigenvalue weighted by molar-refractivity contribution is 5.37. The minimum Gasteiger partial charge on any atom is -0.383 e. The molecule has 0 fully saturated rings. The number of hydrogen-bond acceptors (Lipinski definition) is 3. The molecule has 2 rings (SSSR count). The third kappa shape index (κ3) is 3.81. The molecule has 0 bridgehead atoms. The fourth-order valence-corrected chi connectivity index (χ4v) is 2.90. The summed E-state index contributed by atoms with van der Waals surface area (Å²) in [6, 6.07) is 7.36. The lowest BCUT2D eigenvalue weighted by molar-refractivity contribution is 0.117. The van der Waals surface area contributed by atoms with Crippen LogP contribution in [0.15, 0.2) is 18.2 Å². The third-order valence-electron chi connectivity index (χ3n) is 4.41. The molecule has 0 saturated carbocycles. The number of fused-ring (bicyclic) bond motifs is 1. The quantitative estimate of drug-likeness (QED) is 0.828. The molecule has 112 valence electrons. The van der Waals surface area contributed by atoms with Gasteiger partial charge in [-0.2, -0.15) is 0 Å². The van der Waals surface area contributed by atoms with Gasteiger partial charge in [-0.1, -0.05) is 25.1 Å². The van der Waals surface area contributed by atoms with Crippen molar-refractivity contribution in [2.24, 2.45) is 0 Å². The summed E-state index contributed by atoms with van der Waals surface area (Å²) in [7, 11) is 1.78. The van der Waals surface area contributed by atoms with Crippen LogP contribution in [0.4, 0.5) is 0 Å². The molecule has 3 heteroatoms. The molecule has 1 unspecified atom stereocenters. The van der Waals surface area contributed by atoms with Gasteiger partial charge in [0.1, 0.15) is 0 Å². The van der Waals surface area contributed by atoms with Crippen LogP contribution < -0.4 is 5.32 Å². The van der Waals surface area contributed by atoms with Crippen molar-refractivity contribution in [3.05, 3.63) is 34.9 Å². The maximum absolute atomic E-state index is 5.27. The Morgan fingerprint density at radius 1 is 1.40 bits per heavy atom. The van der Waals surface area contributed by atoms with E-state index in [0.29, 0.717) is 6.04 Å². The number of rotatable bonds is 7. The van der Waals surface area contributed by atoms with E-state index in [4.69, 9.17) is 4.74 Å². The maximum atomic E-state index is 5.27. The minimum atomic E-state index is 0.600. The molecule has 0 amide bonds. The van der Waals surface area contributed by atoms with Gasteiger partial charge in [0, 0.05) is 32.8 Å². The molecule has 1 aliphatic rings. The zero-order valence-electron chi connectivity index (χ0n) is 13.1. The van der Waals surface area contributed by atoms with Gasteiger partial charge in [0.2, 0.25) is 0 Å². The van der Waals surface area contributed by atoms with E-state index >= 15 is 0 Å². The number of methoxy groups -OCH3 is 1. The van der Waals surface area contributed by atoms with Crippen LogP contribution in [-0.4, -0.2) is 37.7 Å². The number of ether oxygens (including phenoxy) is 1. The molecule has 0 aliphatic carbocycles. The van der Waals surface area contributed by atoms with Crippen LogP contribution in [0.3, 0.4) is 0 Å². The van der Waals surface area contributed by atoms with Crippen molar-refractivity contribution in [3.8, 4) is 0 Å². The van der Waals surface area contributed by atoms with E-state index in [2.05, 4.69) is 42.3 Å². The van der Waals surface area contributed by atoms with Crippen molar-refractivity contribution in [3.63, 3.8) is 0 Å². The second-order valence-electron chi connectivity index (χ2n) is 5.70. The van der Waals surface area contributed by atoms with E-state index in [0.717, 1.165) is 39.2 Å². The maximum Gasteiger partial charge on any atom is 0.0589 e. The lowest BCUT2D eigenvalue weighted by atomic mass is 9.95. The Labute approximate surface area is 123 Å². The van der Waals surface area contributed by atoms with Gasteiger partial charge in [-0.05, 0) is 43.0 Å². The van der Waals surface area contributed by atoms with Gasteiger partial charge in [-0.15, -0.1) is 0 Å². The second kappa shape index (κ2) is 7.77. The van der Waals surface area contributed by atoms with E-state index in [1.165, 1.54) is 17.5 Å². The van der Waals surface area contributed by atoms with Crippen LogP contribution >= 0.6 is 0 Å². The number of nitrogens with one attached hydrogen (secondary N) is 1. The fourth-order valence-electron chi connectivity index (χ4n) is 2.90. The molecular weight excluding hydrogens is 248 g/mol. The third-order valence-corrected chi connectivity index (χ3v) is 4.41. The standard InChI is InChI=1S/C17H28N2O/c1-4-14(2)19(10-11-20-3)13-16-7-5-6-15-12-18-9-8-17(15)16/h5-7,14,18H,4,8-13H2,1-3H3. The normalized spacial score (nSPS) is 16.2. The predicted octanol–water partition coefficient (Wildman–Crippen LogP) is 2.58. The molecule has 1 atom stereocenters. The highest BCUT2D eigenvalue weighted by Crippen LogP contribution is 2.21. The van der Waals surface area contributed by atoms with E-state index in [1.54, 1.807) is 12.7 Å². The molecule has 1 aromatic rings. The van der Waals surface area contributed by atoms with Crippen LogP contribution in [0.2, 0.25) is 0 Å². The van der Waals surface area contributed by atoms with E-state index < -0.39 is 0 Å². The molecule has 1 aromatic carbocycles. The lowest BCUT2D eigenvalue weighted by Gasteiger charge is -2.30. The van der Waals surface area contributed by atoms with Crippen LogP contribution in [0, 0.1) is 0 Å². The summed E-state index contributed by atoms with van der Waals surface area (Å²) in [6.45, 7) is 9.55. The first kappa shape index (κ1) is 15.5. The summed E-state index contributed by atoms with van der Waals surface area (Å²) >= 11 is 0. The fraction of sp³-hybridized carbons (Fsp3) is 0.647. The Kier molecular flexibility index (Phi) is 6.02. The highest BCUT2D eigenvalue weighted by Gasteiger charge is 2.17. The summed E-state index contributed by atoms with van der Waals surface area (Å²) in [5.74, 6) is 0. The average Bonchev–Trinajstić information content (AvgIpc) is 2.50. The average molecular weight is 276 g/mol. The van der Waals surface area contributed by atoms with Gasteiger partial charge in [-0.25, -0.2) is 0 Å². The first-order chi connectivity index (χ1) is 9.76. The molecule has 0 saturated heterocycles. The van der Waals surface area contributed by atoms with Gasteiger partial charge in [0.25, 0.3) is 0 Å². The first-order valence-corrected chi connectivity index (χ1v) is 7.79. The first-order valence-electron chi connectivity index (χ1n) is 7.79. The predicted molar refractivity (Wildman–Crippen MR) is 83.9 cm³/mol. The number of benzene rings is 1. The monoisotopic (exact) mass is 276 g/mol. The Bertz CT molecular complexity index is 419. The molecule has 0 radical (unpaired) electrons. The molecule has 0 aromatic heterocycles. The summed E-state index contributed by atoms with van der Waals surface area (Å²) in [5, 5.41) is 3.46. The molecule has 0 spiro atoms. The van der Waals surface area contributed by atoms with Crippen LogP contribution in [0.5, 0.6) is 0 Å². The topological polar surface area (TPSA) is 24.5 Å². The van der Waals surface area contributed by atoms with E-state index in [-0.39, 0.29) is 0 Å². The Morgan fingerprint density at radius 3 is 3.00 bits per heavy atom. The number of hydrogen-bond donors (Lipinski definition) is 1. The summed E-state index contributed by atoms with van der Waals surface area (Å²) in [4.78, 5) is 2.54. The second-order valence-corrected chi connectivity index (χ2v) is 5.70. The van der Waals surface area contributed by atoms with Crippen molar-refractivity contribution in [2.45, 2.75) is 45.8 Å². The van der Waals surface area contributed by atoms with E-state index in [1.807, 2.05) is 0 Å². The van der Waals surface area contributed by atoms with Gasteiger partial charge >= 0.3 is 0 Å². The number of nitrogens with zero attached hydrogens (tertiary/aromatic N) is 1. The minimum absolute atomic E-state index is 0.600. The van der Waals surface area contributed by atoms with Gasteiger partial charge in [-0.3, -0.25) is 4.90 Å². The molecule has 20 heavy (non-hydrogen) atoms. The van der Waals surface area contributed by atoms with Crippen LogP contribution in [-0.2, 0) is 24.2 Å². The van der Waals surface area contributed by atoms with E-state index in [9.17, 15) is 0 Å². The summed E-state index contributed by atoms with van der Waals surface area (Å²) in [5.41, 5.74) is 4.54. The van der Waals surface area contributed by atoms with Gasteiger partial charge < -0.3 is 10.1 Å². The Morgan fingerprint density at radius 2 is 2.25 bits per heavy atom.